The molecule has 1 heterocycles. The van der Waals surface area contributed by atoms with Gasteiger partial charge in [-0.05, 0) is 36.4 Å². The maximum atomic E-state index is 12.2. The Bertz CT molecular complexity index is 894. The molecule has 0 saturated heterocycles. The Morgan fingerprint density at radius 3 is 2.42 bits per heavy atom. The standard InChI is InChI=1S/C18H15N3O4S/c1-12(22)25-15-9-7-13(8-10-15)17(23)19-18-21-20-16(26-18)11-24-14-5-3-2-4-6-14/h2-10H,11H2,1H3,(H,19,21,23). The van der Waals surface area contributed by atoms with Gasteiger partial charge in [0.25, 0.3) is 5.91 Å². The number of nitrogens with zero attached hydrogens (tertiary/aromatic N) is 2. The summed E-state index contributed by atoms with van der Waals surface area (Å²) in [5, 5.41) is 11.6. The number of anilines is 1. The van der Waals surface area contributed by atoms with Crippen molar-refractivity contribution in [2.45, 2.75) is 13.5 Å². The Balaban J connectivity index is 1.56. The monoisotopic (exact) mass is 369 g/mol. The van der Waals surface area contributed by atoms with E-state index >= 15 is 0 Å². The lowest BCUT2D eigenvalue weighted by Crippen LogP contribution is -2.11. The molecule has 0 saturated carbocycles. The molecule has 26 heavy (non-hydrogen) atoms. The van der Waals surface area contributed by atoms with Gasteiger partial charge in [0.2, 0.25) is 5.13 Å². The zero-order chi connectivity index (χ0) is 18.4. The van der Waals surface area contributed by atoms with Crippen molar-refractivity contribution in [1.29, 1.82) is 0 Å². The normalized spacial score (nSPS) is 10.2. The van der Waals surface area contributed by atoms with Crippen molar-refractivity contribution in [2.24, 2.45) is 0 Å². The number of aromatic nitrogens is 2. The molecule has 0 bridgehead atoms. The summed E-state index contributed by atoms with van der Waals surface area (Å²) in [6.07, 6.45) is 0. The van der Waals surface area contributed by atoms with Crippen LogP contribution in [0.1, 0.15) is 22.3 Å². The second kappa shape index (κ2) is 8.21. The van der Waals surface area contributed by atoms with Gasteiger partial charge in [-0.2, -0.15) is 0 Å². The molecule has 8 heteroatoms. The minimum Gasteiger partial charge on any atom is -0.486 e. The summed E-state index contributed by atoms with van der Waals surface area (Å²) in [7, 11) is 0. The van der Waals surface area contributed by atoms with E-state index in [1.165, 1.54) is 18.3 Å². The molecule has 0 atom stereocenters. The van der Waals surface area contributed by atoms with Crippen LogP contribution in [0.5, 0.6) is 11.5 Å². The molecule has 7 nitrogen and oxygen atoms in total. The molecule has 0 spiro atoms. The van der Waals surface area contributed by atoms with E-state index in [-0.39, 0.29) is 12.5 Å². The lowest BCUT2D eigenvalue weighted by Gasteiger charge is -2.03. The topological polar surface area (TPSA) is 90.4 Å². The summed E-state index contributed by atoms with van der Waals surface area (Å²) in [6, 6.07) is 15.6. The van der Waals surface area contributed by atoms with E-state index < -0.39 is 5.97 Å². The van der Waals surface area contributed by atoms with Crippen LogP contribution >= 0.6 is 11.3 Å². The number of para-hydroxylation sites is 1. The van der Waals surface area contributed by atoms with Crippen molar-refractivity contribution in [3.05, 3.63) is 65.2 Å². The first-order valence-electron chi connectivity index (χ1n) is 7.70. The number of hydrogen-bond acceptors (Lipinski definition) is 7. The molecular weight excluding hydrogens is 354 g/mol. The number of nitrogens with one attached hydrogen (secondary N) is 1. The SMILES string of the molecule is CC(=O)Oc1ccc(C(=O)Nc2nnc(COc3ccccc3)s2)cc1. The van der Waals surface area contributed by atoms with Gasteiger partial charge in [-0.15, -0.1) is 10.2 Å². The highest BCUT2D eigenvalue weighted by atomic mass is 32.1. The number of carbonyl (C=O) groups is 2. The van der Waals surface area contributed by atoms with Crippen LogP contribution in [0.15, 0.2) is 54.6 Å². The van der Waals surface area contributed by atoms with Crippen LogP contribution in [0.4, 0.5) is 5.13 Å². The minimum atomic E-state index is -0.415. The van der Waals surface area contributed by atoms with E-state index in [0.717, 1.165) is 5.75 Å². The molecule has 132 valence electrons. The zero-order valence-electron chi connectivity index (χ0n) is 13.8. The molecule has 2 aromatic carbocycles. The third-order valence-corrected chi connectivity index (χ3v) is 3.98. The number of hydrogen-bond donors (Lipinski definition) is 1. The molecular formula is C18H15N3O4S. The molecule has 1 amide bonds. The molecule has 0 unspecified atom stereocenters. The fourth-order valence-electron chi connectivity index (χ4n) is 2.03. The largest absolute Gasteiger partial charge is 0.486 e. The highest BCUT2D eigenvalue weighted by Crippen LogP contribution is 2.19. The van der Waals surface area contributed by atoms with Gasteiger partial charge in [0.1, 0.15) is 18.1 Å². The Morgan fingerprint density at radius 2 is 1.73 bits per heavy atom. The smallest absolute Gasteiger partial charge is 0.308 e. The Hall–Kier alpha value is -3.26. The first kappa shape index (κ1) is 17.6. The van der Waals surface area contributed by atoms with Crippen molar-refractivity contribution in [1.82, 2.24) is 10.2 Å². The van der Waals surface area contributed by atoms with Crippen LogP contribution in [0.2, 0.25) is 0 Å². The Kier molecular flexibility index (Phi) is 5.55. The maximum Gasteiger partial charge on any atom is 0.308 e. The summed E-state index contributed by atoms with van der Waals surface area (Å²) >= 11 is 1.24. The van der Waals surface area contributed by atoms with E-state index in [0.29, 0.717) is 21.5 Å². The molecule has 0 aliphatic carbocycles. The predicted molar refractivity (Wildman–Crippen MR) is 96.4 cm³/mol. The van der Waals surface area contributed by atoms with Gasteiger partial charge in [-0.3, -0.25) is 14.9 Å². The quantitative estimate of drug-likeness (QED) is 0.530. The summed E-state index contributed by atoms with van der Waals surface area (Å²) in [4.78, 5) is 23.1. The molecule has 1 aromatic heterocycles. The number of rotatable bonds is 6. The first-order chi connectivity index (χ1) is 12.6. The van der Waals surface area contributed by atoms with Gasteiger partial charge in [-0.1, -0.05) is 29.5 Å². The molecule has 0 aliphatic heterocycles. The van der Waals surface area contributed by atoms with Crippen molar-refractivity contribution in [3.8, 4) is 11.5 Å². The molecule has 0 radical (unpaired) electrons. The van der Waals surface area contributed by atoms with Gasteiger partial charge in [0.05, 0.1) is 0 Å². The predicted octanol–water partition coefficient (Wildman–Crippen LogP) is 3.29. The van der Waals surface area contributed by atoms with Crippen molar-refractivity contribution < 1.29 is 19.1 Å². The van der Waals surface area contributed by atoms with E-state index in [1.807, 2.05) is 30.3 Å². The molecule has 0 aliphatic rings. The lowest BCUT2D eigenvalue weighted by molar-refractivity contribution is -0.131. The molecule has 0 fully saturated rings. The van der Waals surface area contributed by atoms with Gasteiger partial charge in [-0.25, -0.2) is 0 Å². The second-order valence-corrected chi connectivity index (χ2v) is 6.24. The van der Waals surface area contributed by atoms with Gasteiger partial charge >= 0.3 is 5.97 Å². The van der Waals surface area contributed by atoms with Crippen molar-refractivity contribution >= 4 is 28.3 Å². The number of carbonyl (C=O) groups excluding carboxylic acids is 2. The number of esters is 1. The van der Waals surface area contributed by atoms with Crippen molar-refractivity contribution in [2.75, 3.05) is 5.32 Å². The van der Waals surface area contributed by atoms with Crippen LogP contribution in [0, 0.1) is 0 Å². The fraction of sp³-hybridized carbons (Fsp3) is 0.111. The zero-order valence-corrected chi connectivity index (χ0v) is 14.7. The lowest BCUT2D eigenvalue weighted by atomic mass is 10.2. The van der Waals surface area contributed by atoms with E-state index in [4.69, 9.17) is 9.47 Å². The van der Waals surface area contributed by atoms with Crippen LogP contribution in [-0.4, -0.2) is 22.1 Å². The third kappa shape index (κ3) is 4.87. The van der Waals surface area contributed by atoms with Crippen LogP contribution in [0.3, 0.4) is 0 Å². The van der Waals surface area contributed by atoms with E-state index in [9.17, 15) is 9.59 Å². The summed E-state index contributed by atoms with van der Waals surface area (Å²) < 4.78 is 10.5. The summed E-state index contributed by atoms with van der Waals surface area (Å²) in [5.74, 6) is 0.374. The molecule has 3 aromatic rings. The highest BCUT2D eigenvalue weighted by Gasteiger charge is 2.11. The van der Waals surface area contributed by atoms with Crippen LogP contribution in [0.25, 0.3) is 0 Å². The van der Waals surface area contributed by atoms with E-state index in [2.05, 4.69) is 15.5 Å². The van der Waals surface area contributed by atoms with Crippen LogP contribution < -0.4 is 14.8 Å². The van der Waals surface area contributed by atoms with Crippen LogP contribution in [-0.2, 0) is 11.4 Å². The summed E-state index contributed by atoms with van der Waals surface area (Å²) in [6.45, 7) is 1.59. The first-order valence-corrected chi connectivity index (χ1v) is 8.52. The van der Waals surface area contributed by atoms with E-state index in [1.54, 1.807) is 24.3 Å². The van der Waals surface area contributed by atoms with Gasteiger partial charge in [0, 0.05) is 12.5 Å². The molecule has 1 N–H and O–H groups in total. The molecule has 3 rings (SSSR count). The fourth-order valence-corrected chi connectivity index (χ4v) is 2.68. The Morgan fingerprint density at radius 1 is 1.00 bits per heavy atom. The number of benzene rings is 2. The average molecular weight is 369 g/mol. The maximum absolute atomic E-state index is 12.2. The average Bonchev–Trinajstić information content (AvgIpc) is 3.08. The Labute approximate surface area is 153 Å². The minimum absolute atomic E-state index is 0.272. The van der Waals surface area contributed by atoms with Gasteiger partial charge in [0.15, 0.2) is 5.01 Å². The highest BCUT2D eigenvalue weighted by molar-refractivity contribution is 7.15. The van der Waals surface area contributed by atoms with Crippen molar-refractivity contribution in [3.63, 3.8) is 0 Å². The third-order valence-electron chi connectivity index (χ3n) is 3.17. The second-order valence-electron chi connectivity index (χ2n) is 5.17. The summed E-state index contributed by atoms with van der Waals surface area (Å²) in [5.41, 5.74) is 0.415. The van der Waals surface area contributed by atoms with Gasteiger partial charge < -0.3 is 9.47 Å². The number of amides is 1. The number of ether oxygens (including phenoxy) is 2.